The van der Waals surface area contributed by atoms with E-state index in [1.165, 1.54) is 12.1 Å². The molecule has 3 N–H and O–H groups in total. The molecule has 4 rings (SSSR count). The van der Waals surface area contributed by atoms with Crippen molar-refractivity contribution < 1.29 is 14.4 Å². The van der Waals surface area contributed by atoms with Gasteiger partial charge in [0.05, 0.1) is 29.2 Å². The van der Waals surface area contributed by atoms with Gasteiger partial charge >= 0.3 is 0 Å². The summed E-state index contributed by atoms with van der Waals surface area (Å²) in [5.74, 6) is 0.268. The second-order valence-corrected chi connectivity index (χ2v) is 6.32. The zero-order chi connectivity index (χ0) is 20.5. The number of aromatic amines is 1. The van der Waals surface area contributed by atoms with Gasteiger partial charge in [0.15, 0.2) is 0 Å². The van der Waals surface area contributed by atoms with E-state index in [4.69, 9.17) is 15.2 Å². The lowest BCUT2D eigenvalue weighted by molar-refractivity contribution is -0.384. The van der Waals surface area contributed by atoms with Gasteiger partial charge in [-0.15, -0.1) is 5.10 Å². The SMILES string of the molecule is COc1cccc(-c2[nH]nc3c2C(c2ccc([N+](=O)[O-])cc2)C(C#N)=C(N)O3)c1. The Morgan fingerprint density at radius 3 is 2.72 bits per heavy atom. The second kappa shape index (κ2) is 7.01. The van der Waals surface area contributed by atoms with Crippen LogP contribution in [0.5, 0.6) is 11.6 Å². The molecule has 0 saturated carbocycles. The van der Waals surface area contributed by atoms with E-state index in [-0.39, 0.29) is 23.0 Å². The number of nitro groups is 1. The van der Waals surface area contributed by atoms with E-state index in [1.54, 1.807) is 19.2 Å². The van der Waals surface area contributed by atoms with Crippen LogP contribution in [-0.4, -0.2) is 22.2 Å². The van der Waals surface area contributed by atoms with E-state index in [9.17, 15) is 15.4 Å². The third-order valence-electron chi connectivity index (χ3n) is 4.73. The second-order valence-electron chi connectivity index (χ2n) is 6.32. The first-order chi connectivity index (χ1) is 14.0. The van der Waals surface area contributed by atoms with Gasteiger partial charge in [0.25, 0.3) is 5.69 Å². The van der Waals surface area contributed by atoms with Crippen molar-refractivity contribution in [1.82, 2.24) is 10.2 Å². The van der Waals surface area contributed by atoms with E-state index in [0.29, 0.717) is 22.6 Å². The first kappa shape index (κ1) is 18.1. The van der Waals surface area contributed by atoms with Gasteiger partial charge in [0.2, 0.25) is 11.8 Å². The number of H-pyrrole nitrogens is 1. The van der Waals surface area contributed by atoms with Gasteiger partial charge in [-0.3, -0.25) is 15.2 Å². The zero-order valence-corrected chi connectivity index (χ0v) is 15.2. The van der Waals surface area contributed by atoms with E-state index in [1.807, 2.05) is 24.3 Å². The maximum Gasteiger partial charge on any atom is 0.269 e. The molecule has 2 aromatic carbocycles. The van der Waals surface area contributed by atoms with Gasteiger partial charge in [-0.2, -0.15) is 5.26 Å². The van der Waals surface area contributed by atoms with Crippen LogP contribution < -0.4 is 15.2 Å². The number of nitro benzene ring substituents is 1. The quantitative estimate of drug-likeness (QED) is 0.515. The maximum atomic E-state index is 11.0. The molecule has 29 heavy (non-hydrogen) atoms. The van der Waals surface area contributed by atoms with E-state index in [0.717, 1.165) is 5.56 Å². The molecule has 1 aromatic heterocycles. The smallest absolute Gasteiger partial charge is 0.269 e. The summed E-state index contributed by atoms with van der Waals surface area (Å²) >= 11 is 0. The molecule has 0 aliphatic carbocycles. The van der Waals surface area contributed by atoms with E-state index in [2.05, 4.69) is 16.3 Å². The van der Waals surface area contributed by atoms with Crippen molar-refractivity contribution >= 4 is 5.69 Å². The first-order valence-corrected chi connectivity index (χ1v) is 8.58. The van der Waals surface area contributed by atoms with Gasteiger partial charge < -0.3 is 15.2 Å². The first-order valence-electron chi connectivity index (χ1n) is 8.58. The number of nitriles is 1. The zero-order valence-electron chi connectivity index (χ0n) is 15.2. The molecular formula is C20H15N5O4. The summed E-state index contributed by atoms with van der Waals surface area (Å²) in [7, 11) is 1.57. The Morgan fingerprint density at radius 2 is 2.07 bits per heavy atom. The highest BCUT2D eigenvalue weighted by Crippen LogP contribution is 2.46. The molecule has 0 saturated heterocycles. The number of rotatable bonds is 4. The number of methoxy groups -OCH3 is 1. The molecule has 0 amide bonds. The predicted molar refractivity (Wildman–Crippen MR) is 103 cm³/mol. The fourth-order valence-electron chi connectivity index (χ4n) is 3.37. The van der Waals surface area contributed by atoms with Crippen LogP contribution >= 0.6 is 0 Å². The summed E-state index contributed by atoms with van der Waals surface area (Å²) in [4.78, 5) is 10.5. The van der Waals surface area contributed by atoms with Gasteiger partial charge in [-0.05, 0) is 17.7 Å². The Balaban J connectivity index is 1.90. The number of nitrogens with one attached hydrogen (secondary N) is 1. The molecule has 144 valence electrons. The van der Waals surface area contributed by atoms with Gasteiger partial charge in [0, 0.05) is 17.7 Å². The lowest BCUT2D eigenvalue weighted by Gasteiger charge is -2.24. The van der Waals surface area contributed by atoms with Crippen LogP contribution in [0.2, 0.25) is 0 Å². The highest BCUT2D eigenvalue weighted by atomic mass is 16.6. The van der Waals surface area contributed by atoms with Crippen molar-refractivity contribution in [2.24, 2.45) is 5.73 Å². The Morgan fingerprint density at radius 1 is 1.31 bits per heavy atom. The Hall–Kier alpha value is -4.32. The summed E-state index contributed by atoms with van der Waals surface area (Å²) < 4.78 is 10.9. The van der Waals surface area contributed by atoms with Crippen molar-refractivity contribution in [2.75, 3.05) is 7.11 Å². The number of non-ortho nitro benzene ring substituents is 1. The fourth-order valence-corrected chi connectivity index (χ4v) is 3.37. The molecule has 2 heterocycles. The molecule has 9 nitrogen and oxygen atoms in total. The Kier molecular flexibility index (Phi) is 4.37. The summed E-state index contributed by atoms with van der Waals surface area (Å²) in [6.07, 6.45) is 0. The molecule has 9 heteroatoms. The number of aromatic nitrogens is 2. The van der Waals surface area contributed by atoms with Crippen molar-refractivity contribution in [3.63, 3.8) is 0 Å². The molecule has 1 aliphatic rings. The molecule has 0 spiro atoms. The molecule has 0 fully saturated rings. The summed E-state index contributed by atoms with van der Waals surface area (Å²) in [6.45, 7) is 0. The molecule has 1 aliphatic heterocycles. The van der Waals surface area contributed by atoms with Crippen LogP contribution in [0.15, 0.2) is 60.0 Å². The standard InChI is InChI=1S/C20H15N5O4/c1-28-14-4-2-3-12(9-14)18-17-16(11-5-7-13(8-6-11)25(26)27)15(10-21)19(22)29-20(17)24-23-18/h2-9,16H,22H2,1H3,(H,23,24). The number of hydrogen-bond acceptors (Lipinski definition) is 7. The molecule has 1 atom stereocenters. The van der Waals surface area contributed by atoms with Crippen LogP contribution in [0.1, 0.15) is 17.0 Å². The van der Waals surface area contributed by atoms with Crippen LogP contribution in [0.3, 0.4) is 0 Å². The third kappa shape index (κ3) is 3.02. The van der Waals surface area contributed by atoms with Gasteiger partial charge in [0.1, 0.15) is 17.4 Å². The van der Waals surface area contributed by atoms with Crippen molar-refractivity contribution in [1.29, 1.82) is 5.26 Å². The summed E-state index contributed by atoms with van der Waals surface area (Å²) in [6, 6.07) is 15.4. The van der Waals surface area contributed by atoms with Crippen LogP contribution in [0.25, 0.3) is 11.3 Å². The van der Waals surface area contributed by atoms with E-state index < -0.39 is 10.8 Å². The summed E-state index contributed by atoms with van der Waals surface area (Å²) in [5.41, 5.74) is 8.82. The minimum atomic E-state index is -0.593. The number of benzene rings is 2. The average Bonchev–Trinajstić information content (AvgIpc) is 3.16. The molecule has 0 bridgehead atoms. The number of ether oxygens (including phenoxy) is 2. The Labute approximate surface area is 165 Å². The van der Waals surface area contributed by atoms with Gasteiger partial charge in [-0.1, -0.05) is 24.3 Å². The number of fused-ring (bicyclic) bond motifs is 1. The number of nitrogens with zero attached hydrogens (tertiary/aromatic N) is 3. The number of hydrogen-bond donors (Lipinski definition) is 2. The fraction of sp³-hybridized carbons (Fsp3) is 0.100. The van der Waals surface area contributed by atoms with Crippen molar-refractivity contribution in [3.8, 4) is 29.0 Å². The minimum absolute atomic E-state index is 0.0447. The van der Waals surface area contributed by atoms with Crippen LogP contribution in [0, 0.1) is 21.4 Å². The van der Waals surface area contributed by atoms with E-state index >= 15 is 0 Å². The highest BCUT2D eigenvalue weighted by molar-refractivity contribution is 5.71. The number of allylic oxidation sites excluding steroid dienone is 1. The third-order valence-corrected chi connectivity index (χ3v) is 4.73. The average molecular weight is 389 g/mol. The van der Waals surface area contributed by atoms with Gasteiger partial charge in [-0.25, -0.2) is 0 Å². The monoisotopic (exact) mass is 389 g/mol. The summed E-state index contributed by atoms with van der Waals surface area (Å²) in [5, 5.41) is 27.9. The lowest BCUT2D eigenvalue weighted by Crippen LogP contribution is -2.21. The largest absolute Gasteiger partial charge is 0.497 e. The predicted octanol–water partition coefficient (Wildman–Crippen LogP) is 3.21. The maximum absolute atomic E-state index is 11.0. The lowest BCUT2D eigenvalue weighted by atomic mass is 9.83. The number of nitrogens with two attached hydrogens (primary N) is 1. The minimum Gasteiger partial charge on any atom is -0.497 e. The topological polar surface area (TPSA) is 140 Å². The van der Waals surface area contributed by atoms with Crippen molar-refractivity contribution in [2.45, 2.75) is 5.92 Å². The Bertz CT molecular complexity index is 1170. The van der Waals surface area contributed by atoms with Crippen molar-refractivity contribution in [3.05, 3.63) is 81.2 Å². The molecule has 0 radical (unpaired) electrons. The van der Waals surface area contributed by atoms with Crippen LogP contribution in [-0.2, 0) is 0 Å². The highest BCUT2D eigenvalue weighted by Gasteiger charge is 2.35. The molecule has 1 unspecified atom stereocenters. The normalized spacial score (nSPS) is 15.2. The molecule has 3 aromatic rings. The van der Waals surface area contributed by atoms with Crippen LogP contribution in [0.4, 0.5) is 5.69 Å². The molecular weight excluding hydrogens is 374 g/mol.